The molecule has 0 N–H and O–H groups in total. The van der Waals surface area contributed by atoms with Crippen LogP contribution in [0.3, 0.4) is 0 Å². The summed E-state index contributed by atoms with van der Waals surface area (Å²) in [5, 5.41) is 0. The molecule has 0 spiro atoms. The monoisotopic (exact) mass is 229 g/mol. The lowest BCUT2D eigenvalue weighted by Crippen LogP contribution is -1.89. The summed E-state index contributed by atoms with van der Waals surface area (Å²) in [4.78, 5) is 4.13. The standard InChI is InChI=1S/C16H23N/c1-8-16(7)17-11-15(6)14(5)10-9-13(4)12(2)3/h8-12H,1,6-7H2,2-5H3/b13-9+,14-10+,17-11?. The average molecular weight is 229 g/mol. The summed E-state index contributed by atoms with van der Waals surface area (Å²) >= 11 is 0. The molecule has 0 aliphatic rings. The molecular weight excluding hydrogens is 206 g/mol. The van der Waals surface area contributed by atoms with Crippen LogP contribution in [0.1, 0.15) is 27.7 Å². The van der Waals surface area contributed by atoms with Crippen molar-refractivity contribution in [3.05, 3.63) is 60.4 Å². The molecule has 0 heterocycles. The summed E-state index contributed by atoms with van der Waals surface area (Å²) in [6.45, 7) is 19.8. The number of hydrogen-bond donors (Lipinski definition) is 0. The summed E-state index contributed by atoms with van der Waals surface area (Å²) in [6.07, 6.45) is 7.53. The first-order valence-corrected chi connectivity index (χ1v) is 5.78. The van der Waals surface area contributed by atoms with Crippen LogP contribution in [0.4, 0.5) is 0 Å². The van der Waals surface area contributed by atoms with Crippen molar-refractivity contribution in [3.8, 4) is 0 Å². The van der Waals surface area contributed by atoms with Gasteiger partial charge in [-0.1, -0.05) is 51.3 Å². The molecule has 0 saturated carbocycles. The maximum Gasteiger partial charge on any atom is 0.0552 e. The Bertz CT molecular complexity index is 390. The van der Waals surface area contributed by atoms with E-state index in [1.54, 1.807) is 12.3 Å². The fourth-order valence-corrected chi connectivity index (χ4v) is 0.871. The summed E-state index contributed by atoms with van der Waals surface area (Å²) in [7, 11) is 0. The van der Waals surface area contributed by atoms with Crippen LogP contribution in [0.15, 0.2) is 65.4 Å². The predicted octanol–water partition coefficient (Wildman–Crippen LogP) is 4.86. The van der Waals surface area contributed by atoms with E-state index in [2.05, 4.69) is 57.7 Å². The maximum absolute atomic E-state index is 4.13. The largest absolute Gasteiger partial charge is 0.257 e. The molecule has 0 fully saturated rings. The van der Waals surface area contributed by atoms with Crippen LogP contribution in [0.5, 0.6) is 0 Å². The van der Waals surface area contributed by atoms with E-state index in [0.29, 0.717) is 11.6 Å². The zero-order chi connectivity index (χ0) is 13.4. The first-order chi connectivity index (χ1) is 7.88. The van der Waals surface area contributed by atoms with Gasteiger partial charge in [-0.15, -0.1) is 0 Å². The topological polar surface area (TPSA) is 12.4 Å². The Morgan fingerprint density at radius 3 is 2.18 bits per heavy atom. The summed E-state index contributed by atoms with van der Waals surface area (Å²) in [5.41, 5.74) is 3.99. The SMILES string of the molecule is C=CC(=C)N=CC(=C)/C(C)=C/C=C(\C)C(C)C. The fourth-order valence-electron chi connectivity index (χ4n) is 0.871. The van der Waals surface area contributed by atoms with Gasteiger partial charge in [0, 0.05) is 6.21 Å². The molecule has 0 radical (unpaired) electrons. The van der Waals surface area contributed by atoms with E-state index in [4.69, 9.17) is 0 Å². The molecule has 0 unspecified atom stereocenters. The molecule has 0 rings (SSSR count). The minimum atomic E-state index is 0.571. The lowest BCUT2D eigenvalue weighted by molar-refractivity contribution is 0.769. The van der Waals surface area contributed by atoms with Crippen LogP contribution >= 0.6 is 0 Å². The van der Waals surface area contributed by atoms with Gasteiger partial charge in [-0.25, -0.2) is 0 Å². The van der Waals surface area contributed by atoms with E-state index in [0.717, 1.165) is 11.1 Å². The van der Waals surface area contributed by atoms with Crippen molar-refractivity contribution in [3.63, 3.8) is 0 Å². The summed E-state index contributed by atoms with van der Waals surface area (Å²) in [5.74, 6) is 0.571. The van der Waals surface area contributed by atoms with Gasteiger partial charge >= 0.3 is 0 Å². The number of allylic oxidation sites excluding steroid dienone is 6. The average Bonchev–Trinajstić information content (AvgIpc) is 2.31. The van der Waals surface area contributed by atoms with Crippen LogP contribution in [0, 0.1) is 5.92 Å². The molecule has 0 atom stereocenters. The highest BCUT2D eigenvalue weighted by atomic mass is 14.7. The van der Waals surface area contributed by atoms with Gasteiger partial charge in [0.2, 0.25) is 0 Å². The van der Waals surface area contributed by atoms with E-state index in [-0.39, 0.29) is 0 Å². The van der Waals surface area contributed by atoms with Gasteiger partial charge in [0.15, 0.2) is 0 Å². The van der Waals surface area contributed by atoms with E-state index in [9.17, 15) is 0 Å². The Balaban J connectivity index is 4.66. The third-order valence-corrected chi connectivity index (χ3v) is 2.64. The van der Waals surface area contributed by atoms with Crippen molar-refractivity contribution >= 4 is 6.21 Å². The molecule has 0 amide bonds. The number of rotatable bonds is 6. The Morgan fingerprint density at radius 1 is 1.12 bits per heavy atom. The van der Waals surface area contributed by atoms with Gasteiger partial charge in [-0.3, -0.25) is 4.99 Å². The molecule has 17 heavy (non-hydrogen) atoms. The molecule has 0 aromatic rings. The first-order valence-electron chi connectivity index (χ1n) is 5.78. The summed E-state index contributed by atoms with van der Waals surface area (Å²) in [6, 6.07) is 0. The molecule has 0 aromatic carbocycles. The van der Waals surface area contributed by atoms with E-state index in [1.165, 1.54) is 5.57 Å². The van der Waals surface area contributed by atoms with Gasteiger partial charge in [0.25, 0.3) is 0 Å². The Labute approximate surface area is 106 Å². The second-order valence-corrected chi connectivity index (χ2v) is 4.39. The number of hydrogen-bond acceptors (Lipinski definition) is 1. The molecule has 0 aliphatic heterocycles. The first kappa shape index (κ1) is 15.4. The summed E-state index contributed by atoms with van der Waals surface area (Å²) < 4.78 is 0. The van der Waals surface area contributed by atoms with Crippen molar-refractivity contribution in [2.45, 2.75) is 27.7 Å². The Morgan fingerprint density at radius 2 is 1.71 bits per heavy atom. The lowest BCUT2D eigenvalue weighted by atomic mass is 10.0. The minimum Gasteiger partial charge on any atom is -0.257 e. The minimum absolute atomic E-state index is 0.571. The van der Waals surface area contributed by atoms with Crippen LogP contribution in [0.2, 0.25) is 0 Å². The number of aliphatic imine (C=N–C) groups is 1. The Hall–Kier alpha value is -1.63. The van der Waals surface area contributed by atoms with Crippen LogP contribution in [-0.2, 0) is 0 Å². The molecule has 1 nitrogen and oxygen atoms in total. The zero-order valence-corrected chi connectivity index (χ0v) is 11.5. The van der Waals surface area contributed by atoms with Gasteiger partial charge in [-0.2, -0.15) is 0 Å². The molecular formula is C16H23N. The van der Waals surface area contributed by atoms with Crippen LogP contribution in [0.25, 0.3) is 0 Å². The second-order valence-electron chi connectivity index (χ2n) is 4.39. The molecule has 0 saturated heterocycles. The van der Waals surface area contributed by atoms with Crippen molar-refractivity contribution in [1.29, 1.82) is 0 Å². The lowest BCUT2D eigenvalue weighted by Gasteiger charge is -2.03. The highest BCUT2D eigenvalue weighted by Gasteiger charge is 1.95. The van der Waals surface area contributed by atoms with Crippen LogP contribution < -0.4 is 0 Å². The van der Waals surface area contributed by atoms with E-state index >= 15 is 0 Å². The van der Waals surface area contributed by atoms with Crippen molar-refractivity contribution < 1.29 is 0 Å². The van der Waals surface area contributed by atoms with Crippen molar-refractivity contribution in [2.24, 2.45) is 10.9 Å². The quantitative estimate of drug-likeness (QED) is 0.455. The van der Waals surface area contributed by atoms with Gasteiger partial charge < -0.3 is 0 Å². The van der Waals surface area contributed by atoms with Gasteiger partial charge in [0.1, 0.15) is 0 Å². The van der Waals surface area contributed by atoms with Gasteiger partial charge in [0.05, 0.1) is 5.70 Å². The van der Waals surface area contributed by atoms with Crippen LogP contribution in [-0.4, -0.2) is 6.21 Å². The maximum atomic E-state index is 4.13. The highest BCUT2D eigenvalue weighted by molar-refractivity contribution is 5.84. The van der Waals surface area contributed by atoms with Crippen molar-refractivity contribution in [1.82, 2.24) is 0 Å². The molecule has 92 valence electrons. The van der Waals surface area contributed by atoms with E-state index < -0.39 is 0 Å². The molecule has 0 aromatic heterocycles. The third-order valence-electron chi connectivity index (χ3n) is 2.64. The van der Waals surface area contributed by atoms with Crippen molar-refractivity contribution in [2.75, 3.05) is 0 Å². The Kier molecular flexibility index (Phi) is 6.88. The molecule has 0 aliphatic carbocycles. The molecule has 0 bridgehead atoms. The predicted molar refractivity (Wildman–Crippen MR) is 79.3 cm³/mol. The zero-order valence-electron chi connectivity index (χ0n) is 11.5. The second kappa shape index (κ2) is 7.61. The normalized spacial score (nSPS) is 13.2. The van der Waals surface area contributed by atoms with E-state index in [1.807, 2.05) is 6.92 Å². The highest BCUT2D eigenvalue weighted by Crippen LogP contribution is 2.11. The fraction of sp³-hybridized carbons (Fsp3) is 0.312. The third kappa shape index (κ3) is 6.52. The smallest absolute Gasteiger partial charge is 0.0552 e. The number of nitrogens with zero attached hydrogens (tertiary/aromatic N) is 1. The van der Waals surface area contributed by atoms with Gasteiger partial charge in [-0.05, 0) is 37.0 Å². The molecule has 1 heteroatoms.